The van der Waals surface area contributed by atoms with Gasteiger partial charge in [-0.1, -0.05) is 129 Å². The van der Waals surface area contributed by atoms with Crippen LogP contribution in [0.15, 0.2) is 0 Å². The predicted octanol–water partition coefficient (Wildman–Crippen LogP) is 7.87. The Labute approximate surface area is 208 Å². The highest BCUT2D eigenvalue weighted by Crippen LogP contribution is 2.14. The van der Waals surface area contributed by atoms with E-state index in [0.717, 1.165) is 12.8 Å². The molecule has 1 amide bonds. The van der Waals surface area contributed by atoms with Gasteiger partial charge in [-0.3, -0.25) is 4.79 Å². The van der Waals surface area contributed by atoms with E-state index < -0.39 is 0 Å². The lowest BCUT2D eigenvalue weighted by Gasteiger charge is -2.04. The lowest BCUT2D eigenvalue weighted by molar-refractivity contribution is -0.121. The van der Waals surface area contributed by atoms with Gasteiger partial charge in [0.2, 0.25) is 5.91 Å². The molecule has 0 aliphatic heterocycles. The monoisotopic (exact) mass is 470 g/mol. The second kappa shape index (κ2) is 31.4. The standard InChI is InChI=1S/C24H49NO2.C5H13N/c1-2-3-4-5-6-7-8-9-10-11-12-13-14-15-16-17-18-19-20-21-24(27)25-22-23-26;1-4-5-6(2)3/h26H,2-23H2,1H3,(H,25,27);4-5H2,1-3H3. The van der Waals surface area contributed by atoms with Gasteiger partial charge in [-0.15, -0.1) is 0 Å². The molecule has 0 radical (unpaired) electrons. The minimum Gasteiger partial charge on any atom is -0.395 e. The number of carbonyl (C=O) groups is 1. The lowest BCUT2D eigenvalue weighted by atomic mass is 10.0. The van der Waals surface area contributed by atoms with E-state index in [9.17, 15) is 4.79 Å². The van der Waals surface area contributed by atoms with E-state index in [-0.39, 0.29) is 12.5 Å². The van der Waals surface area contributed by atoms with E-state index >= 15 is 0 Å². The van der Waals surface area contributed by atoms with Gasteiger partial charge in [-0.05, 0) is 33.5 Å². The highest BCUT2D eigenvalue weighted by atomic mass is 16.3. The highest BCUT2D eigenvalue weighted by Gasteiger charge is 2.00. The smallest absolute Gasteiger partial charge is 0.220 e. The van der Waals surface area contributed by atoms with Crippen molar-refractivity contribution in [2.75, 3.05) is 33.8 Å². The van der Waals surface area contributed by atoms with Gasteiger partial charge in [-0.2, -0.15) is 0 Å². The number of unbranched alkanes of at least 4 members (excludes halogenated alkanes) is 18. The van der Waals surface area contributed by atoms with E-state index in [0.29, 0.717) is 13.0 Å². The van der Waals surface area contributed by atoms with Crippen LogP contribution < -0.4 is 5.32 Å². The molecule has 0 unspecified atom stereocenters. The first kappa shape index (κ1) is 34.6. The second-order valence-corrected chi connectivity index (χ2v) is 9.99. The van der Waals surface area contributed by atoms with Gasteiger partial charge in [0, 0.05) is 13.0 Å². The molecule has 0 aromatic rings. The molecule has 4 nitrogen and oxygen atoms in total. The molecular formula is C29H62N2O2. The Balaban J connectivity index is 0. The van der Waals surface area contributed by atoms with Crippen LogP contribution in [0.3, 0.4) is 0 Å². The van der Waals surface area contributed by atoms with Crippen LogP contribution in [-0.4, -0.2) is 49.7 Å². The zero-order chi connectivity index (χ0) is 24.8. The number of aliphatic hydroxyl groups excluding tert-OH is 1. The van der Waals surface area contributed by atoms with E-state index in [1.807, 2.05) is 0 Å². The summed E-state index contributed by atoms with van der Waals surface area (Å²) in [7, 11) is 4.17. The fourth-order valence-electron chi connectivity index (χ4n) is 4.09. The second-order valence-electron chi connectivity index (χ2n) is 9.99. The van der Waals surface area contributed by atoms with Crippen molar-refractivity contribution in [3.8, 4) is 0 Å². The lowest BCUT2D eigenvalue weighted by Crippen LogP contribution is -2.25. The van der Waals surface area contributed by atoms with Gasteiger partial charge >= 0.3 is 0 Å². The minimum absolute atomic E-state index is 0.0327. The Morgan fingerprint density at radius 3 is 1.24 bits per heavy atom. The maximum absolute atomic E-state index is 11.4. The Morgan fingerprint density at radius 2 is 0.970 bits per heavy atom. The molecule has 0 aliphatic carbocycles. The predicted molar refractivity (Wildman–Crippen MR) is 147 cm³/mol. The van der Waals surface area contributed by atoms with Crippen LogP contribution in [0.5, 0.6) is 0 Å². The Morgan fingerprint density at radius 1 is 0.606 bits per heavy atom. The summed E-state index contributed by atoms with van der Waals surface area (Å²) in [5, 5.41) is 11.3. The molecule has 0 saturated heterocycles. The number of aliphatic hydroxyl groups is 1. The molecule has 33 heavy (non-hydrogen) atoms. The van der Waals surface area contributed by atoms with Gasteiger partial charge in [-0.25, -0.2) is 0 Å². The van der Waals surface area contributed by atoms with Gasteiger partial charge in [0.25, 0.3) is 0 Å². The molecule has 200 valence electrons. The molecule has 0 saturated carbocycles. The van der Waals surface area contributed by atoms with Gasteiger partial charge in [0.15, 0.2) is 0 Å². The largest absolute Gasteiger partial charge is 0.395 e. The molecule has 0 bridgehead atoms. The normalized spacial score (nSPS) is 10.8. The third-order valence-corrected chi connectivity index (χ3v) is 6.11. The van der Waals surface area contributed by atoms with E-state index in [2.05, 4.69) is 38.2 Å². The Bertz CT molecular complexity index is 362. The van der Waals surface area contributed by atoms with E-state index in [1.54, 1.807) is 0 Å². The molecule has 4 heteroatoms. The summed E-state index contributed by atoms with van der Waals surface area (Å²) in [6, 6.07) is 0. The Kier molecular flexibility index (Phi) is 32.9. The van der Waals surface area contributed by atoms with Crippen LogP contribution in [0.4, 0.5) is 0 Å². The van der Waals surface area contributed by atoms with Crippen LogP contribution in [0.25, 0.3) is 0 Å². The minimum atomic E-state index is 0.0327. The molecule has 0 heterocycles. The zero-order valence-electron chi connectivity index (χ0n) is 23.3. The number of nitrogens with one attached hydrogen (secondary N) is 1. The summed E-state index contributed by atoms with van der Waals surface area (Å²) in [4.78, 5) is 13.5. The molecule has 2 N–H and O–H groups in total. The molecule has 0 aliphatic rings. The third kappa shape index (κ3) is 36.1. The van der Waals surface area contributed by atoms with Gasteiger partial charge in [0.1, 0.15) is 0 Å². The average molecular weight is 471 g/mol. The van der Waals surface area contributed by atoms with Crippen LogP contribution >= 0.6 is 0 Å². The van der Waals surface area contributed by atoms with E-state index in [4.69, 9.17) is 5.11 Å². The summed E-state index contributed by atoms with van der Waals surface area (Å²) < 4.78 is 0. The van der Waals surface area contributed by atoms with Crippen LogP contribution in [-0.2, 0) is 4.79 Å². The maximum atomic E-state index is 11.4. The molecule has 0 aromatic carbocycles. The van der Waals surface area contributed by atoms with Crippen molar-refractivity contribution in [2.45, 2.75) is 149 Å². The zero-order valence-corrected chi connectivity index (χ0v) is 23.3. The van der Waals surface area contributed by atoms with Crippen LogP contribution in [0.2, 0.25) is 0 Å². The molecule has 0 rings (SSSR count). The van der Waals surface area contributed by atoms with Crippen molar-refractivity contribution in [1.29, 1.82) is 0 Å². The molecule has 0 fully saturated rings. The molecule has 0 aromatic heterocycles. The number of hydrogen-bond acceptors (Lipinski definition) is 3. The quantitative estimate of drug-likeness (QED) is 0.141. The first-order valence-corrected chi connectivity index (χ1v) is 14.6. The number of hydrogen-bond donors (Lipinski definition) is 2. The maximum Gasteiger partial charge on any atom is 0.220 e. The van der Waals surface area contributed by atoms with Crippen molar-refractivity contribution in [2.24, 2.45) is 0 Å². The number of rotatable bonds is 24. The Hall–Kier alpha value is -0.610. The average Bonchev–Trinajstić information content (AvgIpc) is 2.79. The highest BCUT2D eigenvalue weighted by molar-refractivity contribution is 5.75. The molecule has 0 spiro atoms. The van der Waals surface area contributed by atoms with Crippen LogP contribution in [0.1, 0.15) is 149 Å². The number of carbonyl (C=O) groups excluding carboxylic acids is 1. The first-order valence-electron chi connectivity index (χ1n) is 14.6. The summed E-state index contributed by atoms with van der Waals surface area (Å²) in [6.45, 7) is 6.09. The topological polar surface area (TPSA) is 52.6 Å². The van der Waals surface area contributed by atoms with Crippen molar-refractivity contribution in [3.05, 3.63) is 0 Å². The third-order valence-electron chi connectivity index (χ3n) is 6.11. The summed E-state index contributed by atoms with van der Waals surface area (Å²) >= 11 is 0. The first-order chi connectivity index (χ1) is 16.1. The fraction of sp³-hybridized carbons (Fsp3) is 0.966. The number of amides is 1. The van der Waals surface area contributed by atoms with Gasteiger partial charge in [0.05, 0.1) is 6.61 Å². The fourth-order valence-corrected chi connectivity index (χ4v) is 4.09. The van der Waals surface area contributed by atoms with Crippen LogP contribution in [0, 0.1) is 0 Å². The SMILES string of the molecule is CCCCCCCCCCCCCCCCCCCCCC(=O)NCCO.CCCN(C)C. The molecule has 0 atom stereocenters. The van der Waals surface area contributed by atoms with Crippen molar-refractivity contribution in [3.63, 3.8) is 0 Å². The molecular weight excluding hydrogens is 408 g/mol. The van der Waals surface area contributed by atoms with Crippen molar-refractivity contribution < 1.29 is 9.90 Å². The van der Waals surface area contributed by atoms with Crippen molar-refractivity contribution in [1.82, 2.24) is 10.2 Å². The summed E-state index contributed by atoms with van der Waals surface area (Å²) in [5.74, 6) is 0.0797. The van der Waals surface area contributed by atoms with Gasteiger partial charge < -0.3 is 15.3 Å². The summed E-state index contributed by atoms with van der Waals surface area (Å²) in [6.07, 6.45) is 27.9. The van der Waals surface area contributed by atoms with Crippen molar-refractivity contribution >= 4 is 5.91 Å². The summed E-state index contributed by atoms with van der Waals surface area (Å²) in [5.41, 5.74) is 0. The number of nitrogens with zero attached hydrogens (tertiary/aromatic N) is 1. The van der Waals surface area contributed by atoms with E-state index in [1.165, 1.54) is 122 Å².